The van der Waals surface area contributed by atoms with Crippen molar-refractivity contribution in [1.82, 2.24) is 19.7 Å². The minimum Gasteiger partial charge on any atom is -0.325 e. The first-order chi connectivity index (χ1) is 15.0. The van der Waals surface area contributed by atoms with Gasteiger partial charge in [0, 0.05) is 33.8 Å². The van der Waals surface area contributed by atoms with Gasteiger partial charge in [0.25, 0.3) is 0 Å². The lowest BCUT2D eigenvalue weighted by atomic mass is 10.1. The lowest BCUT2D eigenvalue weighted by Crippen LogP contribution is -2.16. The third-order valence-corrected chi connectivity index (χ3v) is 6.07. The number of carbonyl (C=O) groups is 1. The van der Waals surface area contributed by atoms with Gasteiger partial charge in [0.05, 0.1) is 5.75 Å². The number of hydrogen-bond donors (Lipinski definition) is 1. The summed E-state index contributed by atoms with van der Waals surface area (Å²) in [6.45, 7) is 3.96. The Hall–Kier alpha value is -2.97. The number of amides is 1. The van der Waals surface area contributed by atoms with Gasteiger partial charge >= 0.3 is 0 Å². The van der Waals surface area contributed by atoms with E-state index in [2.05, 4.69) is 36.4 Å². The molecule has 0 saturated carbocycles. The molecule has 2 heterocycles. The van der Waals surface area contributed by atoms with Crippen molar-refractivity contribution in [3.05, 3.63) is 82.6 Å². The van der Waals surface area contributed by atoms with Crippen LogP contribution in [0.1, 0.15) is 11.1 Å². The van der Waals surface area contributed by atoms with E-state index in [4.69, 9.17) is 0 Å². The Kier molecular flexibility index (Phi) is 6.48. The van der Waals surface area contributed by atoms with E-state index in [1.54, 1.807) is 12.4 Å². The van der Waals surface area contributed by atoms with Crippen molar-refractivity contribution in [2.45, 2.75) is 19.0 Å². The van der Waals surface area contributed by atoms with E-state index in [-0.39, 0.29) is 11.7 Å². The van der Waals surface area contributed by atoms with Gasteiger partial charge in [-0.25, -0.2) is 0 Å². The van der Waals surface area contributed by atoms with Gasteiger partial charge in [0.2, 0.25) is 5.91 Å². The number of carbonyl (C=O) groups excluding carboxylic acids is 1. The van der Waals surface area contributed by atoms with Gasteiger partial charge in [-0.3, -0.25) is 14.3 Å². The molecule has 4 aromatic rings. The second-order valence-corrected chi connectivity index (χ2v) is 8.82. The average Bonchev–Trinajstić information content (AvgIpc) is 3.20. The fraction of sp³-hybridized carbons (Fsp3) is 0.130. The first kappa shape index (κ1) is 21.3. The van der Waals surface area contributed by atoms with Gasteiger partial charge in [-0.2, -0.15) is 0 Å². The van der Waals surface area contributed by atoms with Crippen LogP contribution in [0.25, 0.3) is 17.1 Å². The largest absolute Gasteiger partial charge is 0.325 e. The molecule has 1 N–H and O–H groups in total. The Morgan fingerprint density at radius 1 is 1.03 bits per heavy atom. The number of rotatable bonds is 6. The highest BCUT2D eigenvalue weighted by Gasteiger charge is 2.17. The van der Waals surface area contributed by atoms with E-state index in [9.17, 15) is 4.79 Å². The van der Waals surface area contributed by atoms with E-state index in [1.807, 2.05) is 73.0 Å². The quantitative estimate of drug-likeness (QED) is 0.362. The van der Waals surface area contributed by atoms with Crippen molar-refractivity contribution < 1.29 is 4.79 Å². The molecular weight excluding hydrogens is 474 g/mol. The molecule has 6 nitrogen and oxygen atoms in total. The SMILES string of the molecule is Cc1cc(Br)cc(C)c1NC(=O)CSc1nnc(-c2ccncc2)n1-c1ccccc1. The average molecular weight is 494 g/mol. The van der Waals surface area contributed by atoms with Crippen LogP contribution in [0.3, 0.4) is 0 Å². The molecule has 8 heteroatoms. The number of anilines is 1. The summed E-state index contributed by atoms with van der Waals surface area (Å²) < 4.78 is 2.96. The predicted molar refractivity (Wildman–Crippen MR) is 128 cm³/mol. The van der Waals surface area contributed by atoms with Crippen LogP contribution < -0.4 is 5.32 Å². The molecule has 0 fully saturated rings. The summed E-state index contributed by atoms with van der Waals surface area (Å²) in [5.41, 5.74) is 4.71. The van der Waals surface area contributed by atoms with Crippen LogP contribution in [0.2, 0.25) is 0 Å². The Morgan fingerprint density at radius 3 is 2.39 bits per heavy atom. The summed E-state index contributed by atoms with van der Waals surface area (Å²) in [6.07, 6.45) is 3.45. The van der Waals surface area contributed by atoms with Crippen LogP contribution in [0.4, 0.5) is 5.69 Å². The van der Waals surface area contributed by atoms with Crippen molar-refractivity contribution in [3.63, 3.8) is 0 Å². The molecular formula is C23H20BrN5OS. The zero-order valence-corrected chi connectivity index (χ0v) is 19.4. The molecule has 4 rings (SSSR count). The summed E-state index contributed by atoms with van der Waals surface area (Å²) in [5.74, 6) is 0.832. The number of nitrogens with one attached hydrogen (secondary N) is 1. The monoisotopic (exact) mass is 493 g/mol. The number of pyridine rings is 1. The Balaban J connectivity index is 1.58. The lowest BCUT2D eigenvalue weighted by Gasteiger charge is -2.13. The molecule has 0 bridgehead atoms. The molecule has 2 aromatic carbocycles. The smallest absolute Gasteiger partial charge is 0.234 e. The van der Waals surface area contributed by atoms with Crippen molar-refractivity contribution in [1.29, 1.82) is 0 Å². The maximum atomic E-state index is 12.7. The molecule has 2 aromatic heterocycles. The van der Waals surface area contributed by atoms with Crippen LogP contribution in [0.15, 0.2) is 76.6 Å². The number of halogens is 1. The molecule has 0 unspecified atom stereocenters. The lowest BCUT2D eigenvalue weighted by molar-refractivity contribution is -0.113. The molecule has 156 valence electrons. The highest BCUT2D eigenvalue weighted by molar-refractivity contribution is 9.10. The molecule has 1 amide bonds. The number of benzene rings is 2. The van der Waals surface area contributed by atoms with Crippen LogP contribution >= 0.6 is 27.7 Å². The molecule has 0 aliphatic carbocycles. The van der Waals surface area contributed by atoms with Gasteiger partial charge in [-0.15, -0.1) is 10.2 Å². The summed E-state index contributed by atoms with van der Waals surface area (Å²) in [7, 11) is 0. The van der Waals surface area contributed by atoms with E-state index in [1.165, 1.54) is 11.8 Å². The molecule has 0 radical (unpaired) electrons. The molecule has 31 heavy (non-hydrogen) atoms. The minimum atomic E-state index is -0.0911. The second-order valence-electron chi connectivity index (χ2n) is 6.96. The zero-order valence-electron chi connectivity index (χ0n) is 17.0. The summed E-state index contributed by atoms with van der Waals surface area (Å²) >= 11 is 4.84. The Bertz CT molecular complexity index is 1190. The maximum absolute atomic E-state index is 12.7. The van der Waals surface area contributed by atoms with Gasteiger partial charge in [0.1, 0.15) is 0 Å². The molecule has 0 atom stereocenters. The minimum absolute atomic E-state index is 0.0911. The maximum Gasteiger partial charge on any atom is 0.234 e. The van der Waals surface area contributed by atoms with Gasteiger partial charge < -0.3 is 5.32 Å². The fourth-order valence-electron chi connectivity index (χ4n) is 3.27. The van der Waals surface area contributed by atoms with E-state index in [0.29, 0.717) is 11.0 Å². The topological polar surface area (TPSA) is 72.7 Å². The normalized spacial score (nSPS) is 10.8. The summed E-state index contributed by atoms with van der Waals surface area (Å²) in [6, 6.07) is 17.6. The fourth-order valence-corrected chi connectivity index (χ4v) is 4.71. The number of hydrogen-bond acceptors (Lipinski definition) is 5. The van der Waals surface area contributed by atoms with Crippen molar-refractivity contribution in [2.24, 2.45) is 0 Å². The summed E-state index contributed by atoms with van der Waals surface area (Å²) in [4.78, 5) is 16.8. The molecule has 0 spiro atoms. The van der Waals surface area contributed by atoms with Crippen molar-refractivity contribution in [2.75, 3.05) is 11.1 Å². The number of para-hydroxylation sites is 1. The predicted octanol–water partition coefficient (Wildman–Crippen LogP) is 5.44. The molecule has 0 aliphatic rings. The Morgan fingerprint density at radius 2 is 1.71 bits per heavy atom. The number of nitrogens with zero attached hydrogens (tertiary/aromatic N) is 4. The molecule has 0 saturated heterocycles. The van der Waals surface area contributed by atoms with Crippen LogP contribution in [-0.4, -0.2) is 31.4 Å². The first-order valence-electron chi connectivity index (χ1n) is 9.63. The van der Waals surface area contributed by atoms with Gasteiger partial charge in [-0.1, -0.05) is 45.9 Å². The van der Waals surface area contributed by atoms with Crippen LogP contribution in [0.5, 0.6) is 0 Å². The highest BCUT2D eigenvalue weighted by atomic mass is 79.9. The second kappa shape index (κ2) is 9.45. The highest BCUT2D eigenvalue weighted by Crippen LogP contribution is 2.29. The van der Waals surface area contributed by atoms with Crippen molar-refractivity contribution in [3.8, 4) is 17.1 Å². The number of aromatic nitrogens is 4. The van der Waals surface area contributed by atoms with Crippen LogP contribution in [-0.2, 0) is 4.79 Å². The van der Waals surface area contributed by atoms with E-state index < -0.39 is 0 Å². The molecule has 0 aliphatic heterocycles. The van der Waals surface area contributed by atoms with Crippen molar-refractivity contribution >= 4 is 39.3 Å². The standard InChI is InChI=1S/C23H20BrN5OS/c1-15-12-18(24)13-16(2)21(15)26-20(30)14-31-23-28-27-22(17-8-10-25-11-9-17)29(23)19-6-4-3-5-7-19/h3-13H,14H2,1-2H3,(H,26,30). The third kappa shape index (κ3) is 4.86. The first-order valence-corrected chi connectivity index (χ1v) is 11.4. The number of thioether (sulfide) groups is 1. The van der Waals surface area contributed by atoms with E-state index in [0.717, 1.165) is 32.5 Å². The number of aryl methyl sites for hydroxylation is 2. The van der Waals surface area contributed by atoms with Gasteiger partial charge in [0.15, 0.2) is 11.0 Å². The third-order valence-electron chi connectivity index (χ3n) is 4.68. The summed E-state index contributed by atoms with van der Waals surface area (Å²) in [5, 5.41) is 12.4. The van der Waals surface area contributed by atoms with Crippen LogP contribution in [0, 0.1) is 13.8 Å². The Labute approximate surface area is 193 Å². The van der Waals surface area contributed by atoms with Gasteiger partial charge in [-0.05, 0) is 61.4 Å². The zero-order chi connectivity index (χ0) is 21.8. The van der Waals surface area contributed by atoms with E-state index >= 15 is 0 Å².